The molecule has 0 aliphatic rings. The third-order valence-corrected chi connectivity index (χ3v) is 6.72. The summed E-state index contributed by atoms with van der Waals surface area (Å²) in [5, 5.41) is 3.96. The summed E-state index contributed by atoms with van der Waals surface area (Å²) in [4.78, 5) is 0.0589. The molecule has 1 aromatic heterocycles. The topological polar surface area (TPSA) is 81.9 Å². The van der Waals surface area contributed by atoms with E-state index in [9.17, 15) is 8.42 Å². The molecule has 154 valence electrons. The van der Waals surface area contributed by atoms with E-state index in [0.717, 1.165) is 11.3 Å². The first-order valence-corrected chi connectivity index (χ1v) is 10.6. The molecule has 3 aromatic rings. The summed E-state index contributed by atoms with van der Waals surface area (Å²) in [7, 11) is -0.889. The summed E-state index contributed by atoms with van der Waals surface area (Å²) in [6.45, 7) is 5.76. The lowest BCUT2D eigenvalue weighted by Gasteiger charge is -2.24. The van der Waals surface area contributed by atoms with Crippen molar-refractivity contribution in [2.45, 2.75) is 25.7 Å². The number of hydrogen-bond donors (Lipinski definition) is 0. The van der Waals surface area contributed by atoms with Crippen LogP contribution in [0.1, 0.15) is 18.2 Å². The molecule has 0 spiro atoms. The molecule has 0 aliphatic carbocycles. The molecule has 0 bridgehead atoms. The number of aromatic nitrogens is 1. The normalized spacial score (nSPS) is 11.3. The smallest absolute Gasteiger partial charge is 0.268 e. The molecule has 0 fully saturated rings. The van der Waals surface area contributed by atoms with Crippen molar-refractivity contribution in [3.63, 3.8) is 0 Å². The lowest BCUT2D eigenvalue weighted by molar-refractivity contribution is 0.402. The van der Waals surface area contributed by atoms with Gasteiger partial charge in [-0.3, -0.25) is 4.31 Å². The zero-order valence-corrected chi connectivity index (χ0v) is 17.9. The van der Waals surface area contributed by atoms with Crippen molar-refractivity contribution < 1.29 is 22.4 Å². The molecular weight excluding hydrogens is 392 g/mol. The van der Waals surface area contributed by atoms with Crippen molar-refractivity contribution >= 4 is 15.7 Å². The lowest BCUT2D eigenvalue weighted by Crippen LogP contribution is -2.31. The fourth-order valence-corrected chi connectivity index (χ4v) is 4.72. The number of aryl methyl sites for hydroxylation is 1. The predicted octanol–water partition coefficient (Wildman–Crippen LogP) is 4.19. The van der Waals surface area contributed by atoms with Crippen molar-refractivity contribution in [3.05, 3.63) is 53.7 Å². The first-order chi connectivity index (χ1) is 13.8. The van der Waals surface area contributed by atoms with Crippen LogP contribution >= 0.6 is 0 Å². The van der Waals surface area contributed by atoms with Gasteiger partial charge in [0.2, 0.25) is 0 Å². The highest BCUT2D eigenvalue weighted by Crippen LogP contribution is 2.35. The van der Waals surface area contributed by atoms with Crippen molar-refractivity contribution in [1.82, 2.24) is 5.16 Å². The van der Waals surface area contributed by atoms with Gasteiger partial charge in [0.05, 0.1) is 25.6 Å². The zero-order valence-electron chi connectivity index (χ0n) is 17.1. The van der Waals surface area contributed by atoms with Gasteiger partial charge in [-0.2, -0.15) is 0 Å². The number of benzene rings is 2. The Morgan fingerprint density at radius 2 is 1.72 bits per heavy atom. The van der Waals surface area contributed by atoms with Gasteiger partial charge < -0.3 is 14.0 Å². The monoisotopic (exact) mass is 416 g/mol. The maximum Gasteiger partial charge on any atom is 0.268 e. The van der Waals surface area contributed by atoms with Crippen molar-refractivity contribution in [2.24, 2.45) is 0 Å². The Morgan fingerprint density at radius 3 is 2.24 bits per heavy atom. The van der Waals surface area contributed by atoms with Gasteiger partial charge in [0.15, 0.2) is 5.76 Å². The van der Waals surface area contributed by atoms with Crippen LogP contribution in [-0.2, 0) is 10.0 Å². The van der Waals surface area contributed by atoms with Gasteiger partial charge in [-0.1, -0.05) is 5.16 Å². The van der Waals surface area contributed by atoms with E-state index >= 15 is 0 Å². The molecule has 1 heterocycles. The van der Waals surface area contributed by atoms with Gasteiger partial charge in [-0.15, -0.1) is 0 Å². The summed E-state index contributed by atoms with van der Waals surface area (Å²) in [6, 6.07) is 11.8. The van der Waals surface area contributed by atoms with Crippen LogP contribution in [0, 0.1) is 13.8 Å². The molecular formula is C21H24N2O5S. The number of ether oxygens (including phenoxy) is 2. The van der Waals surface area contributed by atoms with Gasteiger partial charge in [-0.05, 0) is 63.2 Å². The third kappa shape index (κ3) is 3.80. The largest absolute Gasteiger partial charge is 0.497 e. The number of sulfonamides is 1. The van der Waals surface area contributed by atoms with Gasteiger partial charge in [0, 0.05) is 17.7 Å². The van der Waals surface area contributed by atoms with Gasteiger partial charge in [0.1, 0.15) is 16.4 Å². The first kappa shape index (κ1) is 20.7. The predicted molar refractivity (Wildman–Crippen MR) is 111 cm³/mol. The number of rotatable bonds is 7. The van der Waals surface area contributed by atoms with E-state index in [0.29, 0.717) is 22.8 Å². The first-order valence-electron chi connectivity index (χ1n) is 9.11. The molecule has 0 radical (unpaired) electrons. The number of hydrogen-bond acceptors (Lipinski definition) is 6. The quantitative estimate of drug-likeness (QED) is 0.574. The van der Waals surface area contributed by atoms with Crippen LogP contribution in [-0.4, -0.2) is 34.3 Å². The van der Waals surface area contributed by atoms with Crippen LogP contribution in [0.5, 0.6) is 11.5 Å². The molecule has 2 aromatic carbocycles. The molecule has 3 rings (SSSR count). The molecule has 0 saturated heterocycles. The van der Waals surface area contributed by atoms with E-state index in [4.69, 9.17) is 14.0 Å². The fraction of sp³-hybridized carbons (Fsp3) is 0.286. The highest BCUT2D eigenvalue weighted by Gasteiger charge is 2.28. The van der Waals surface area contributed by atoms with E-state index in [2.05, 4.69) is 5.16 Å². The van der Waals surface area contributed by atoms with E-state index in [1.165, 1.54) is 11.4 Å². The minimum absolute atomic E-state index is 0.0589. The Labute approximate surface area is 170 Å². The van der Waals surface area contributed by atoms with E-state index in [-0.39, 0.29) is 17.2 Å². The van der Waals surface area contributed by atoms with E-state index in [1.54, 1.807) is 56.5 Å². The van der Waals surface area contributed by atoms with Crippen LogP contribution in [0.2, 0.25) is 0 Å². The van der Waals surface area contributed by atoms with Gasteiger partial charge in [-0.25, -0.2) is 8.42 Å². The number of anilines is 1. The van der Waals surface area contributed by atoms with Gasteiger partial charge in [0.25, 0.3) is 10.0 Å². The molecule has 0 N–H and O–H groups in total. The van der Waals surface area contributed by atoms with Crippen molar-refractivity contribution in [1.29, 1.82) is 0 Å². The summed E-state index contributed by atoms with van der Waals surface area (Å²) in [6.07, 6.45) is 0. The second-order valence-corrected chi connectivity index (χ2v) is 8.29. The highest BCUT2D eigenvalue weighted by atomic mass is 32.2. The number of methoxy groups -OCH3 is 2. The van der Waals surface area contributed by atoms with Gasteiger partial charge >= 0.3 is 0 Å². The molecule has 7 nitrogen and oxygen atoms in total. The average molecular weight is 416 g/mol. The Morgan fingerprint density at radius 1 is 1.03 bits per heavy atom. The second kappa shape index (κ2) is 8.16. The molecule has 0 atom stereocenters. The maximum absolute atomic E-state index is 13.5. The Hall–Kier alpha value is -3.00. The van der Waals surface area contributed by atoms with Crippen LogP contribution in [0.15, 0.2) is 51.9 Å². The SMILES string of the molecule is CCN(c1ccc(OC)cc1)S(=O)(=O)c1cc(-c2onc(C)c2C)ccc1OC. The zero-order chi connectivity index (χ0) is 21.2. The van der Waals surface area contributed by atoms with Crippen molar-refractivity contribution in [3.8, 4) is 22.8 Å². The van der Waals surface area contributed by atoms with Crippen molar-refractivity contribution in [2.75, 3.05) is 25.1 Å². The van der Waals surface area contributed by atoms with Crippen LogP contribution in [0.25, 0.3) is 11.3 Å². The van der Waals surface area contributed by atoms with Crippen LogP contribution in [0.4, 0.5) is 5.69 Å². The van der Waals surface area contributed by atoms with Crippen LogP contribution in [0.3, 0.4) is 0 Å². The Bertz CT molecular complexity index is 1100. The molecule has 0 aliphatic heterocycles. The third-order valence-electron chi connectivity index (χ3n) is 4.80. The minimum Gasteiger partial charge on any atom is -0.497 e. The summed E-state index contributed by atoms with van der Waals surface area (Å²) in [5.41, 5.74) is 2.77. The molecule has 0 amide bonds. The molecule has 0 saturated carbocycles. The Kier molecular flexibility index (Phi) is 5.83. The summed E-state index contributed by atoms with van der Waals surface area (Å²) in [5.74, 6) is 1.45. The molecule has 29 heavy (non-hydrogen) atoms. The second-order valence-electron chi connectivity index (χ2n) is 6.46. The minimum atomic E-state index is -3.90. The lowest BCUT2D eigenvalue weighted by atomic mass is 10.1. The molecule has 8 heteroatoms. The standard InChI is InChI=1S/C21H24N2O5S/c1-6-23(17-8-10-18(26-4)11-9-17)29(24,25)20-13-16(7-12-19(20)27-5)21-14(2)15(3)22-28-21/h7-13H,6H2,1-5H3. The summed E-state index contributed by atoms with van der Waals surface area (Å²) < 4.78 is 44.3. The van der Waals surface area contributed by atoms with Crippen LogP contribution < -0.4 is 13.8 Å². The number of nitrogens with zero attached hydrogens (tertiary/aromatic N) is 2. The van der Waals surface area contributed by atoms with E-state index < -0.39 is 10.0 Å². The molecule has 0 unspecified atom stereocenters. The average Bonchev–Trinajstić information content (AvgIpc) is 3.07. The van der Waals surface area contributed by atoms with E-state index in [1.807, 2.05) is 13.8 Å². The maximum atomic E-state index is 13.5. The summed E-state index contributed by atoms with van der Waals surface area (Å²) >= 11 is 0. The fourth-order valence-electron chi connectivity index (χ4n) is 3.06. The Balaban J connectivity index is 2.12. The highest BCUT2D eigenvalue weighted by molar-refractivity contribution is 7.93.